The third kappa shape index (κ3) is 4.98. The van der Waals surface area contributed by atoms with Gasteiger partial charge < -0.3 is 14.6 Å². The summed E-state index contributed by atoms with van der Waals surface area (Å²) in [5.41, 5.74) is 7.90. The van der Waals surface area contributed by atoms with Gasteiger partial charge in [-0.25, -0.2) is 0 Å². The molecule has 2 aromatic heterocycles. The van der Waals surface area contributed by atoms with Gasteiger partial charge in [-0.05, 0) is 67.1 Å². The number of anilines is 2. The van der Waals surface area contributed by atoms with Crippen LogP contribution in [-0.2, 0) is 14.9 Å². The first kappa shape index (κ1) is 25.8. The van der Waals surface area contributed by atoms with E-state index in [1.807, 2.05) is 74.6 Å². The lowest BCUT2D eigenvalue weighted by Crippen LogP contribution is -2.23. The minimum atomic E-state index is -0.463. The maximum atomic E-state index is 12.4. The van der Waals surface area contributed by atoms with Crippen LogP contribution < -0.4 is 5.32 Å². The number of aryl methyl sites for hydroxylation is 1. The maximum absolute atomic E-state index is 12.4. The molecule has 40 heavy (non-hydrogen) atoms. The molecule has 3 aromatic carbocycles. The van der Waals surface area contributed by atoms with E-state index in [1.165, 1.54) is 0 Å². The van der Waals surface area contributed by atoms with Crippen LogP contribution in [-0.4, -0.2) is 22.7 Å². The Labute approximate surface area is 238 Å². The van der Waals surface area contributed by atoms with Crippen LogP contribution in [0.2, 0.25) is 5.02 Å². The number of rotatable bonds is 8. The molecule has 0 unspecified atom stereocenters. The van der Waals surface area contributed by atoms with Crippen molar-refractivity contribution in [3.8, 4) is 33.6 Å². The maximum Gasteiger partial charge on any atom is 0.316 e. The predicted molar refractivity (Wildman–Crippen MR) is 158 cm³/mol. The average Bonchev–Trinajstić information content (AvgIpc) is 3.72. The Morgan fingerprint density at radius 1 is 0.925 bits per heavy atom. The predicted octanol–water partition coefficient (Wildman–Crippen LogP) is 8.37. The lowest BCUT2D eigenvalue weighted by Gasteiger charge is -2.14. The fraction of sp³-hybridized carbons (Fsp3) is 0.182. The van der Waals surface area contributed by atoms with Crippen molar-refractivity contribution in [2.24, 2.45) is 0 Å². The second-order valence-electron chi connectivity index (χ2n) is 10.0. The third-order valence-corrected chi connectivity index (χ3v) is 7.60. The lowest BCUT2D eigenvalue weighted by molar-refractivity contribution is -0.146. The molecular formula is C33H28ClN3O3. The number of hydrogen-bond donors (Lipinski definition) is 1. The van der Waals surface area contributed by atoms with E-state index in [-0.39, 0.29) is 5.97 Å². The number of carbonyl (C=O) groups excluding carboxylic acids is 1. The standard InChI is InChI=1S/C33H28ClN3O3/c1-3-39-32(38)33(15-16-33)27-13-11-23(12-14-27)22-7-9-24(10-8-22)31-30(21(2)37-40-31)36-29-18-26(19-35-20-29)25-5-4-6-28(34)17-25/h4-14,17-20,36H,3,15-16H2,1-2H3. The Bertz CT molecular complexity index is 1670. The third-order valence-electron chi connectivity index (χ3n) is 7.36. The molecule has 0 bridgehead atoms. The molecule has 0 radical (unpaired) electrons. The Balaban J connectivity index is 1.22. The molecule has 1 aliphatic rings. The molecule has 7 heteroatoms. The molecule has 1 saturated carbocycles. The van der Waals surface area contributed by atoms with Crippen LogP contribution in [0.1, 0.15) is 31.0 Å². The van der Waals surface area contributed by atoms with Crippen molar-refractivity contribution in [2.75, 3.05) is 11.9 Å². The zero-order chi connectivity index (χ0) is 27.7. The molecule has 1 N–H and O–H groups in total. The largest absolute Gasteiger partial charge is 0.465 e. The van der Waals surface area contributed by atoms with Crippen LogP contribution in [0.3, 0.4) is 0 Å². The highest BCUT2D eigenvalue weighted by Gasteiger charge is 2.52. The Morgan fingerprint density at radius 3 is 2.30 bits per heavy atom. The highest BCUT2D eigenvalue weighted by atomic mass is 35.5. The van der Waals surface area contributed by atoms with Crippen LogP contribution >= 0.6 is 11.6 Å². The van der Waals surface area contributed by atoms with Gasteiger partial charge in [0, 0.05) is 22.3 Å². The number of aromatic nitrogens is 2. The molecule has 6 nitrogen and oxygen atoms in total. The van der Waals surface area contributed by atoms with Gasteiger partial charge in [0.05, 0.1) is 23.9 Å². The normalized spacial score (nSPS) is 13.6. The first-order valence-electron chi connectivity index (χ1n) is 13.3. The molecule has 5 aromatic rings. The van der Waals surface area contributed by atoms with Gasteiger partial charge >= 0.3 is 5.97 Å². The second kappa shape index (κ2) is 10.6. The topological polar surface area (TPSA) is 77.2 Å². The van der Waals surface area contributed by atoms with E-state index in [0.717, 1.165) is 63.3 Å². The van der Waals surface area contributed by atoms with E-state index >= 15 is 0 Å². The van der Waals surface area contributed by atoms with Gasteiger partial charge in [0.2, 0.25) is 0 Å². The number of benzene rings is 3. The van der Waals surface area contributed by atoms with Crippen molar-refractivity contribution < 1.29 is 14.1 Å². The minimum absolute atomic E-state index is 0.120. The van der Waals surface area contributed by atoms with E-state index < -0.39 is 5.41 Å². The number of ether oxygens (including phenoxy) is 1. The smallest absolute Gasteiger partial charge is 0.316 e. The molecule has 2 heterocycles. The van der Waals surface area contributed by atoms with Gasteiger partial charge in [-0.15, -0.1) is 0 Å². The number of carbonyl (C=O) groups is 1. The fourth-order valence-corrected chi connectivity index (χ4v) is 5.18. The van der Waals surface area contributed by atoms with Crippen LogP contribution in [0.4, 0.5) is 11.4 Å². The number of nitrogens with zero attached hydrogens (tertiary/aromatic N) is 2. The van der Waals surface area contributed by atoms with Gasteiger partial charge in [-0.2, -0.15) is 0 Å². The molecule has 0 atom stereocenters. The van der Waals surface area contributed by atoms with Gasteiger partial charge in [0.1, 0.15) is 11.4 Å². The Kier molecular flexibility index (Phi) is 6.86. The lowest BCUT2D eigenvalue weighted by atomic mass is 9.93. The zero-order valence-corrected chi connectivity index (χ0v) is 23.0. The van der Waals surface area contributed by atoms with Crippen molar-refractivity contribution in [2.45, 2.75) is 32.1 Å². The fourth-order valence-electron chi connectivity index (χ4n) is 4.99. The summed E-state index contributed by atoms with van der Waals surface area (Å²) in [7, 11) is 0. The van der Waals surface area contributed by atoms with Gasteiger partial charge in [-0.1, -0.05) is 77.4 Å². The monoisotopic (exact) mass is 549 g/mol. The van der Waals surface area contributed by atoms with Crippen LogP contribution in [0, 0.1) is 6.92 Å². The van der Waals surface area contributed by atoms with E-state index in [9.17, 15) is 4.79 Å². The SMILES string of the molecule is CCOC(=O)C1(c2ccc(-c3ccc(-c4onc(C)c4Nc4cncc(-c5cccc(Cl)c5)c4)cc3)cc2)CC1. The van der Waals surface area contributed by atoms with Crippen molar-refractivity contribution in [1.82, 2.24) is 10.1 Å². The highest BCUT2D eigenvalue weighted by molar-refractivity contribution is 6.30. The summed E-state index contributed by atoms with van der Waals surface area (Å²) in [6.07, 6.45) is 5.26. The van der Waals surface area contributed by atoms with Crippen LogP contribution in [0.5, 0.6) is 0 Å². The van der Waals surface area contributed by atoms with Crippen molar-refractivity contribution in [3.63, 3.8) is 0 Å². The molecule has 200 valence electrons. The van der Waals surface area contributed by atoms with Crippen molar-refractivity contribution >= 4 is 28.9 Å². The second-order valence-corrected chi connectivity index (χ2v) is 10.5. The number of pyridine rings is 1. The summed E-state index contributed by atoms with van der Waals surface area (Å²) in [5, 5.41) is 8.34. The summed E-state index contributed by atoms with van der Waals surface area (Å²) >= 11 is 6.18. The Morgan fingerprint density at radius 2 is 1.62 bits per heavy atom. The van der Waals surface area contributed by atoms with Crippen LogP contribution in [0.15, 0.2) is 95.8 Å². The number of hydrogen-bond acceptors (Lipinski definition) is 6. The quantitative estimate of drug-likeness (QED) is 0.196. The summed E-state index contributed by atoms with van der Waals surface area (Å²) in [6, 6.07) is 26.1. The molecule has 0 saturated heterocycles. The molecule has 6 rings (SSSR count). The molecule has 1 fully saturated rings. The van der Waals surface area contributed by atoms with Crippen LogP contribution in [0.25, 0.3) is 33.6 Å². The average molecular weight is 550 g/mol. The minimum Gasteiger partial charge on any atom is -0.465 e. The molecule has 0 amide bonds. The van der Waals surface area contributed by atoms with Crippen molar-refractivity contribution in [1.29, 1.82) is 0 Å². The first-order valence-corrected chi connectivity index (χ1v) is 13.7. The first-order chi connectivity index (χ1) is 19.5. The number of esters is 1. The summed E-state index contributed by atoms with van der Waals surface area (Å²) in [6.45, 7) is 4.15. The highest BCUT2D eigenvalue weighted by Crippen LogP contribution is 2.49. The van der Waals surface area contributed by atoms with Gasteiger partial charge in [-0.3, -0.25) is 9.78 Å². The van der Waals surface area contributed by atoms with E-state index in [2.05, 4.69) is 39.7 Å². The van der Waals surface area contributed by atoms with E-state index in [0.29, 0.717) is 17.4 Å². The van der Waals surface area contributed by atoms with Gasteiger partial charge in [0.15, 0.2) is 5.76 Å². The molecule has 0 aliphatic heterocycles. The summed E-state index contributed by atoms with van der Waals surface area (Å²) in [5.74, 6) is 0.531. The van der Waals surface area contributed by atoms with E-state index in [4.69, 9.17) is 20.9 Å². The summed E-state index contributed by atoms with van der Waals surface area (Å²) in [4.78, 5) is 16.9. The number of halogens is 1. The molecule has 1 aliphatic carbocycles. The number of nitrogens with one attached hydrogen (secondary N) is 1. The Hall–Kier alpha value is -4.42. The summed E-state index contributed by atoms with van der Waals surface area (Å²) < 4.78 is 11.0. The molecular weight excluding hydrogens is 522 g/mol. The zero-order valence-electron chi connectivity index (χ0n) is 22.3. The van der Waals surface area contributed by atoms with Crippen molar-refractivity contribution in [3.05, 3.63) is 108 Å². The molecule has 0 spiro atoms. The van der Waals surface area contributed by atoms with Gasteiger partial charge in [0.25, 0.3) is 0 Å². The van der Waals surface area contributed by atoms with E-state index in [1.54, 1.807) is 6.20 Å².